The number of amides is 1. The van der Waals surface area contributed by atoms with E-state index in [1.807, 2.05) is 41.3 Å². The van der Waals surface area contributed by atoms with Crippen LogP contribution in [0.5, 0.6) is 5.75 Å². The number of hydrogen-bond donors (Lipinski definition) is 3. The lowest BCUT2D eigenvalue weighted by Crippen LogP contribution is -2.42. The Morgan fingerprint density at radius 2 is 1.92 bits per heavy atom. The number of rotatable bonds is 13. The van der Waals surface area contributed by atoms with Crippen LogP contribution in [0.4, 0.5) is 0 Å². The number of hydrogen-bond acceptors (Lipinski definition) is 10. The summed E-state index contributed by atoms with van der Waals surface area (Å²) in [5.74, 6) is 12.7. The molecule has 3 aromatic rings. The van der Waals surface area contributed by atoms with E-state index < -0.39 is 0 Å². The molecule has 0 spiro atoms. The number of ether oxygens (including phenoxy) is 3. The van der Waals surface area contributed by atoms with Gasteiger partial charge in [-0.2, -0.15) is 5.10 Å². The molecule has 0 bridgehead atoms. The molecule has 0 saturated carbocycles. The quantitative estimate of drug-likeness (QED) is 0.0731. The fourth-order valence-corrected chi connectivity index (χ4v) is 4.39. The van der Waals surface area contributed by atoms with E-state index in [0.717, 1.165) is 35.8 Å². The molecule has 1 aliphatic rings. The Hall–Kier alpha value is -4.00. The third-order valence-corrected chi connectivity index (χ3v) is 6.42. The maximum absolute atomic E-state index is 12.5. The maximum Gasteiger partial charge on any atom is 0.224 e. The number of aromatic nitrogens is 1. The van der Waals surface area contributed by atoms with E-state index >= 15 is 0 Å². The van der Waals surface area contributed by atoms with Gasteiger partial charge < -0.3 is 39.7 Å². The summed E-state index contributed by atoms with van der Waals surface area (Å²) in [4.78, 5) is 24.6. The van der Waals surface area contributed by atoms with E-state index in [2.05, 4.69) is 15.7 Å². The second kappa shape index (κ2) is 14.2. The van der Waals surface area contributed by atoms with Crippen molar-refractivity contribution in [3.05, 3.63) is 48.0 Å². The van der Waals surface area contributed by atoms with E-state index in [9.17, 15) is 9.59 Å². The molecule has 1 saturated heterocycles. The predicted molar refractivity (Wildman–Crippen MR) is 145 cm³/mol. The lowest BCUT2D eigenvalue weighted by atomic mass is 10.0. The van der Waals surface area contributed by atoms with Crippen molar-refractivity contribution in [2.75, 3.05) is 39.5 Å². The lowest BCUT2D eigenvalue weighted by Gasteiger charge is -2.32. The molecule has 0 atom stereocenters. The number of nitrogens with zero attached hydrogens (tertiary/aromatic N) is 3. The fraction of sp³-hybridized carbons (Fsp3) is 0.407. The molecule has 12 nitrogen and oxygen atoms in total. The highest BCUT2D eigenvalue weighted by Gasteiger charge is 2.24. The van der Waals surface area contributed by atoms with Gasteiger partial charge in [0.05, 0.1) is 38.2 Å². The highest BCUT2D eigenvalue weighted by Crippen LogP contribution is 2.32. The molecule has 39 heavy (non-hydrogen) atoms. The van der Waals surface area contributed by atoms with Crippen LogP contribution in [0, 0.1) is 0 Å². The Bertz CT molecular complexity index is 1270. The van der Waals surface area contributed by atoms with Crippen molar-refractivity contribution in [3.8, 4) is 17.1 Å². The van der Waals surface area contributed by atoms with Gasteiger partial charge in [0.1, 0.15) is 23.7 Å². The van der Waals surface area contributed by atoms with Gasteiger partial charge in [-0.15, -0.1) is 0 Å². The van der Waals surface area contributed by atoms with Gasteiger partial charge in [-0.05, 0) is 30.3 Å². The number of hydrazone groups is 1. The molecule has 12 heteroatoms. The highest BCUT2D eigenvalue weighted by atomic mass is 16.5. The number of nitrogens with one attached hydrogen (secondary N) is 1. The molecule has 1 fully saturated rings. The Balaban J connectivity index is 1.27. The van der Waals surface area contributed by atoms with Gasteiger partial charge in [0.15, 0.2) is 11.6 Å². The Labute approximate surface area is 226 Å². The summed E-state index contributed by atoms with van der Waals surface area (Å²) < 4.78 is 22.6. The average Bonchev–Trinajstić information content (AvgIpc) is 3.39. The van der Waals surface area contributed by atoms with Gasteiger partial charge in [-0.3, -0.25) is 4.79 Å². The minimum Gasteiger partial charge on any atom is -0.490 e. The van der Waals surface area contributed by atoms with Crippen LogP contribution in [0.1, 0.15) is 31.2 Å². The van der Waals surface area contributed by atoms with Crippen LogP contribution in [0.15, 0.2) is 52.1 Å². The van der Waals surface area contributed by atoms with Crippen LogP contribution in [0.2, 0.25) is 0 Å². The molecule has 5 N–H and O–H groups in total. The van der Waals surface area contributed by atoms with Crippen molar-refractivity contribution >= 4 is 28.9 Å². The summed E-state index contributed by atoms with van der Waals surface area (Å²) in [6, 6.07) is 13.1. The van der Waals surface area contributed by atoms with Gasteiger partial charge >= 0.3 is 0 Å². The summed E-state index contributed by atoms with van der Waals surface area (Å²) >= 11 is 0. The molecule has 1 amide bonds. The lowest BCUT2D eigenvalue weighted by molar-refractivity contribution is -0.134. The first-order valence-electron chi connectivity index (χ1n) is 12.9. The predicted octanol–water partition coefficient (Wildman–Crippen LogP) is 1.96. The van der Waals surface area contributed by atoms with Crippen LogP contribution >= 0.6 is 0 Å². The second-order valence-electron chi connectivity index (χ2n) is 9.02. The van der Waals surface area contributed by atoms with E-state index in [1.54, 1.807) is 6.07 Å². The number of fused-ring (bicyclic) bond motifs is 1. The van der Waals surface area contributed by atoms with E-state index in [0.29, 0.717) is 75.0 Å². The normalized spacial score (nSPS) is 14.5. The minimum absolute atomic E-state index is 0.00101. The number of carbonyl (C=O) groups is 2. The summed E-state index contributed by atoms with van der Waals surface area (Å²) in [5.41, 5.74) is 4.70. The average molecular weight is 539 g/mol. The van der Waals surface area contributed by atoms with Gasteiger partial charge in [0, 0.05) is 43.5 Å². The fourth-order valence-electron chi connectivity index (χ4n) is 4.39. The Morgan fingerprint density at radius 3 is 2.67 bits per heavy atom. The standard InChI is InChI=1S/C27H34N6O6/c28-30-27(31-29)20-5-6-24-23(18-20)26(39-32-24)19-3-1-4-22(17-19)38-21-7-10-33(11-8-21)25(35)9-14-37-16-15-36-13-2-12-34/h1,3-6,12,17-18,21H,2,7-11,13-16,28-29H2,(H,30,31). The molecule has 1 aliphatic heterocycles. The zero-order valence-electron chi connectivity index (χ0n) is 21.7. The van der Waals surface area contributed by atoms with Crippen molar-refractivity contribution in [2.45, 2.75) is 31.8 Å². The second-order valence-corrected chi connectivity index (χ2v) is 9.02. The molecule has 0 aliphatic carbocycles. The van der Waals surface area contributed by atoms with Crippen molar-refractivity contribution in [2.24, 2.45) is 16.8 Å². The van der Waals surface area contributed by atoms with Crippen molar-refractivity contribution in [1.82, 2.24) is 15.5 Å². The SMILES string of the molecule is NN=C(NN)c1ccc2noc(-c3cccc(OC4CCN(C(=O)CCOCCOCCC=O)CC4)c3)c2c1. The molecule has 2 aromatic carbocycles. The van der Waals surface area contributed by atoms with Crippen molar-refractivity contribution in [3.63, 3.8) is 0 Å². The van der Waals surface area contributed by atoms with Crippen LogP contribution in [0.25, 0.3) is 22.2 Å². The number of nitrogens with two attached hydrogens (primary N) is 2. The van der Waals surface area contributed by atoms with Gasteiger partial charge in [-0.1, -0.05) is 17.3 Å². The number of benzene rings is 2. The summed E-state index contributed by atoms with van der Waals surface area (Å²) in [6.07, 6.45) is 3.00. The van der Waals surface area contributed by atoms with Crippen LogP contribution in [-0.4, -0.2) is 73.7 Å². The maximum atomic E-state index is 12.5. The Morgan fingerprint density at radius 1 is 1.13 bits per heavy atom. The third-order valence-electron chi connectivity index (χ3n) is 6.42. The first-order valence-corrected chi connectivity index (χ1v) is 12.9. The number of piperidine rings is 1. The summed E-state index contributed by atoms with van der Waals surface area (Å²) in [7, 11) is 0. The van der Waals surface area contributed by atoms with E-state index in [-0.39, 0.29) is 12.0 Å². The van der Waals surface area contributed by atoms with Crippen molar-refractivity contribution < 1.29 is 28.3 Å². The first kappa shape index (κ1) is 28.0. The van der Waals surface area contributed by atoms with E-state index in [4.69, 9.17) is 30.4 Å². The molecular weight excluding hydrogens is 504 g/mol. The highest BCUT2D eigenvalue weighted by molar-refractivity contribution is 6.03. The first-order chi connectivity index (χ1) is 19.1. The number of hydrazine groups is 1. The molecule has 0 unspecified atom stereocenters. The number of likely N-dealkylation sites (tertiary alicyclic amines) is 1. The zero-order chi connectivity index (χ0) is 27.5. The smallest absolute Gasteiger partial charge is 0.224 e. The largest absolute Gasteiger partial charge is 0.490 e. The summed E-state index contributed by atoms with van der Waals surface area (Å²) in [6.45, 7) is 2.82. The molecule has 4 rings (SSSR count). The molecular formula is C27H34N6O6. The zero-order valence-corrected chi connectivity index (χ0v) is 21.7. The van der Waals surface area contributed by atoms with Crippen LogP contribution in [0.3, 0.4) is 0 Å². The number of aldehydes is 1. The summed E-state index contributed by atoms with van der Waals surface area (Å²) in [5, 5.41) is 8.62. The topological polar surface area (TPSA) is 168 Å². The number of amidine groups is 1. The molecule has 2 heterocycles. The number of carbonyl (C=O) groups excluding carboxylic acids is 2. The van der Waals surface area contributed by atoms with Crippen molar-refractivity contribution in [1.29, 1.82) is 0 Å². The molecule has 1 aromatic heterocycles. The van der Waals surface area contributed by atoms with Gasteiger partial charge in [-0.25, -0.2) is 5.84 Å². The molecule has 0 radical (unpaired) electrons. The monoisotopic (exact) mass is 538 g/mol. The van der Waals surface area contributed by atoms with E-state index in [1.165, 1.54) is 0 Å². The van der Waals surface area contributed by atoms with Crippen LogP contribution in [-0.2, 0) is 19.1 Å². The van der Waals surface area contributed by atoms with Gasteiger partial charge in [0.25, 0.3) is 0 Å². The minimum atomic E-state index is 0.00101. The Kier molecular flexibility index (Phi) is 10.2. The van der Waals surface area contributed by atoms with Gasteiger partial charge in [0.2, 0.25) is 5.91 Å². The molecule has 208 valence electrons. The van der Waals surface area contributed by atoms with Crippen LogP contribution < -0.4 is 21.8 Å². The third kappa shape index (κ3) is 7.53.